The van der Waals surface area contributed by atoms with Gasteiger partial charge in [-0.3, -0.25) is 4.79 Å². The minimum Gasteiger partial charge on any atom is -0.545 e. The zero-order valence-electron chi connectivity index (χ0n) is 7.94. The zero-order valence-corrected chi connectivity index (χ0v) is 8.76. The Kier molecular flexibility index (Phi) is 2.40. The summed E-state index contributed by atoms with van der Waals surface area (Å²) in [5.74, 6) is -1.35. The van der Waals surface area contributed by atoms with Gasteiger partial charge >= 0.3 is 0 Å². The van der Waals surface area contributed by atoms with E-state index in [-0.39, 0.29) is 16.7 Å². The van der Waals surface area contributed by atoms with Crippen LogP contribution in [0.2, 0.25) is 0 Å². The highest BCUT2D eigenvalue weighted by Gasteiger charge is 2.22. The first-order valence-corrected chi connectivity index (χ1v) is 5.29. The second-order valence-electron chi connectivity index (χ2n) is 3.25. The van der Waals surface area contributed by atoms with E-state index in [4.69, 9.17) is 0 Å². The summed E-state index contributed by atoms with van der Waals surface area (Å²) in [5, 5.41) is 13.1. The van der Waals surface area contributed by atoms with Gasteiger partial charge in [0, 0.05) is 4.90 Å². The Balaban J connectivity index is 2.41. The lowest BCUT2D eigenvalue weighted by atomic mass is 10.2. The highest BCUT2D eigenvalue weighted by molar-refractivity contribution is 8.00. The average molecular weight is 222 g/mol. The molecule has 0 saturated carbocycles. The smallest absolute Gasteiger partial charge is 0.237 e. The van der Waals surface area contributed by atoms with Crippen molar-refractivity contribution in [3.05, 3.63) is 23.8 Å². The predicted octanol–water partition coefficient (Wildman–Crippen LogP) is 0.483. The van der Waals surface area contributed by atoms with E-state index in [1.165, 1.54) is 23.9 Å². The minimum atomic E-state index is -1.24. The van der Waals surface area contributed by atoms with Gasteiger partial charge in [-0.2, -0.15) is 0 Å². The van der Waals surface area contributed by atoms with Gasteiger partial charge in [-0.1, -0.05) is 6.07 Å². The molecule has 1 aromatic carbocycles. The van der Waals surface area contributed by atoms with E-state index in [1.54, 1.807) is 13.0 Å². The third-order valence-corrected chi connectivity index (χ3v) is 3.32. The first-order valence-electron chi connectivity index (χ1n) is 4.41. The lowest BCUT2D eigenvalue weighted by Gasteiger charge is -2.21. The molecule has 0 aliphatic carbocycles. The number of aromatic carboxylic acids is 1. The standard InChI is InChI=1S/C10H9NO3S/c1-5-9(12)11-7-4-6(10(13)14)2-3-8(7)15-5/h2-5H,1H3,(H,11,12)(H,13,14)/p-1/t5-/m0/s1. The minimum absolute atomic E-state index is 0.0733. The van der Waals surface area contributed by atoms with Crippen LogP contribution in [0, 0.1) is 0 Å². The molecular formula is C10H8NO3S-. The summed E-state index contributed by atoms with van der Waals surface area (Å²) in [7, 11) is 0. The maximum atomic E-state index is 11.3. The number of anilines is 1. The van der Waals surface area contributed by atoms with Crippen molar-refractivity contribution in [1.82, 2.24) is 0 Å². The predicted molar refractivity (Wildman–Crippen MR) is 54.7 cm³/mol. The molecular weight excluding hydrogens is 214 g/mol. The number of hydrogen-bond donors (Lipinski definition) is 1. The van der Waals surface area contributed by atoms with E-state index in [0.29, 0.717) is 5.69 Å². The van der Waals surface area contributed by atoms with Crippen LogP contribution < -0.4 is 10.4 Å². The number of fused-ring (bicyclic) bond motifs is 1. The quantitative estimate of drug-likeness (QED) is 0.750. The van der Waals surface area contributed by atoms with Crippen molar-refractivity contribution in [3.8, 4) is 0 Å². The van der Waals surface area contributed by atoms with Gasteiger partial charge in [-0.15, -0.1) is 11.8 Å². The Morgan fingerprint density at radius 3 is 2.93 bits per heavy atom. The van der Waals surface area contributed by atoms with Crippen molar-refractivity contribution in [1.29, 1.82) is 0 Å². The van der Waals surface area contributed by atoms with E-state index in [0.717, 1.165) is 4.90 Å². The summed E-state index contributed by atoms with van der Waals surface area (Å²) in [4.78, 5) is 22.8. The maximum Gasteiger partial charge on any atom is 0.237 e. The summed E-state index contributed by atoms with van der Waals surface area (Å²) in [6, 6.07) is 4.58. The summed E-state index contributed by atoms with van der Waals surface area (Å²) in [6.45, 7) is 1.80. The first-order chi connectivity index (χ1) is 7.08. The molecule has 15 heavy (non-hydrogen) atoms. The van der Waals surface area contributed by atoms with Crippen LogP contribution in [0.15, 0.2) is 23.1 Å². The monoisotopic (exact) mass is 222 g/mol. The number of thioether (sulfide) groups is 1. The summed E-state index contributed by atoms with van der Waals surface area (Å²) in [6.07, 6.45) is 0. The normalized spacial score (nSPS) is 19.3. The molecule has 1 aliphatic rings. The van der Waals surface area contributed by atoms with Crippen LogP contribution in [-0.4, -0.2) is 17.1 Å². The van der Waals surface area contributed by atoms with Crippen molar-refractivity contribution in [2.24, 2.45) is 0 Å². The van der Waals surface area contributed by atoms with Gasteiger partial charge in [0.15, 0.2) is 0 Å². The molecule has 0 fully saturated rings. The van der Waals surface area contributed by atoms with E-state index in [2.05, 4.69) is 5.32 Å². The molecule has 0 unspecified atom stereocenters. The van der Waals surface area contributed by atoms with E-state index in [9.17, 15) is 14.7 Å². The molecule has 4 nitrogen and oxygen atoms in total. The number of carbonyl (C=O) groups is 2. The van der Waals surface area contributed by atoms with E-state index in [1.807, 2.05) is 0 Å². The zero-order chi connectivity index (χ0) is 11.0. The van der Waals surface area contributed by atoms with Crippen LogP contribution >= 0.6 is 11.8 Å². The number of carboxylic acid groups (broad SMARTS) is 1. The van der Waals surface area contributed by atoms with Crippen LogP contribution in [0.3, 0.4) is 0 Å². The molecule has 1 amide bonds. The molecule has 2 rings (SSSR count). The van der Waals surface area contributed by atoms with E-state index < -0.39 is 5.97 Å². The van der Waals surface area contributed by atoms with Gasteiger partial charge < -0.3 is 15.2 Å². The summed E-state index contributed by atoms with van der Waals surface area (Å²) in [5.41, 5.74) is 0.619. The Morgan fingerprint density at radius 2 is 2.27 bits per heavy atom. The van der Waals surface area contributed by atoms with Crippen LogP contribution in [0.5, 0.6) is 0 Å². The Labute approximate surface area is 90.7 Å². The highest BCUT2D eigenvalue weighted by atomic mass is 32.2. The Hall–Kier alpha value is -1.49. The van der Waals surface area contributed by atoms with Crippen LogP contribution in [0.4, 0.5) is 5.69 Å². The fraction of sp³-hybridized carbons (Fsp3) is 0.200. The fourth-order valence-corrected chi connectivity index (χ4v) is 2.27. The Morgan fingerprint density at radius 1 is 1.53 bits per heavy atom. The molecule has 78 valence electrons. The van der Waals surface area contributed by atoms with Gasteiger partial charge in [-0.05, 0) is 24.6 Å². The first kappa shape index (κ1) is 10.0. The molecule has 1 aliphatic heterocycles. The van der Waals surface area contributed by atoms with Crippen molar-refractivity contribution < 1.29 is 14.7 Å². The number of nitrogens with one attached hydrogen (secondary N) is 1. The fourth-order valence-electron chi connectivity index (χ4n) is 1.34. The summed E-state index contributed by atoms with van der Waals surface area (Å²) >= 11 is 1.41. The molecule has 0 bridgehead atoms. The number of hydrogen-bond acceptors (Lipinski definition) is 4. The maximum absolute atomic E-state index is 11.3. The summed E-state index contributed by atoms with van der Waals surface area (Å²) < 4.78 is 0. The third kappa shape index (κ3) is 1.83. The van der Waals surface area contributed by atoms with Crippen LogP contribution in [0.25, 0.3) is 0 Å². The molecule has 1 N–H and O–H groups in total. The molecule has 0 saturated heterocycles. The van der Waals surface area contributed by atoms with Crippen molar-refractivity contribution in [2.75, 3.05) is 5.32 Å². The van der Waals surface area contributed by atoms with Crippen LogP contribution in [0.1, 0.15) is 17.3 Å². The van der Waals surface area contributed by atoms with Gasteiger partial charge in [-0.25, -0.2) is 0 Å². The van der Waals surface area contributed by atoms with Gasteiger partial charge in [0.2, 0.25) is 5.91 Å². The largest absolute Gasteiger partial charge is 0.545 e. The second-order valence-corrected chi connectivity index (χ2v) is 4.63. The number of carbonyl (C=O) groups excluding carboxylic acids is 2. The third-order valence-electron chi connectivity index (χ3n) is 2.15. The average Bonchev–Trinajstić information content (AvgIpc) is 2.19. The second kappa shape index (κ2) is 3.58. The highest BCUT2D eigenvalue weighted by Crippen LogP contribution is 2.35. The van der Waals surface area contributed by atoms with Crippen LogP contribution in [-0.2, 0) is 4.79 Å². The topological polar surface area (TPSA) is 69.2 Å². The Bertz CT molecular complexity index is 444. The molecule has 1 heterocycles. The molecule has 0 spiro atoms. The number of carboxylic acids is 1. The number of amides is 1. The molecule has 1 atom stereocenters. The van der Waals surface area contributed by atoms with Crippen molar-refractivity contribution in [2.45, 2.75) is 17.1 Å². The van der Waals surface area contributed by atoms with Gasteiger partial charge in [0.1, 0.15) is 0 Å². The molecule has 1 aromatic rings. The molecule has 0 radical (unpaired) electrons. The lowest BCUT2D eigenvalue weighted by Crippen LogP contribution is -2.27. The van der Waals surface area contributed by atoms with E-state index >= 15 is 0 Å². The number of rotatable bonds is 1. The van der Waals surface area contributed by atoms with Crippen molar-refractivity contribution in [3.63, 3.8) is 0 Å². The van der Waals surface area contributed by atoms with Gasteiger partial charge in [0.25, 0.3) is 0 Å². The lowest BCUT2D eigenvalue weighted by molar-refractivity contribution is -0.255. The number of benzene rings is 1. The van der Waals surface area contributed by atoms with Crippen molar-refractivity contribution >= 4 is 29.3 Å². The van der Waals surface area contributed by atoms with Gasteiger partial charge in [0.05, 0.1) is 16.9 Å². The molecule has 5 heteroatoms. The SMILES string of the molecule is C[C@@H]1Sc2ccc(C(=O)[O-])cc2NC1=O. The molecule has 0 aromatic heterocycles.